The van der Waals surface area contributed by atoms with Crippen molar-refractivity contribution in [3.8, 4) is 0 Å². The van der Waals surface area contributed by atoms with Gasteiger partial charge < -0.3 is 0 Å². The van der Waals surface area contributed by atoms with Crippen LogP contribution in [0.15, 0.2) is 47.9 Å². The summed E-state index contributed by atoms with van der Waals surface area (Å²) in [5, 5.41) is 6.41. The molecule has 0 aliphatic rings. The van der Waals surface area contributed by atoms with Crippen molar-refractivity contribution in [1.29, 1.82) is 0 Å². The molecule has 0 unspecified atom stereocenters. The summed E-state index contributed by atoms with van der Waals surface area (Å²) in [5.74, 6) is 0.791. The molecule has 4 nitrogen and oxygen atoms in total. The van der Waals surface area contributed by atoms with Crippen LogP contribution >= 0.6 is 11.8 Å². The maximum absolute atomic E-state index is 4.69. The normalized spacial score (nSPS) is 12.0. The molecule has 0 amide bonds. The van der Waals surface area contributed by atoms with Gasteiger partial charge in [0.2, 0.25) is 0 Å². The molecule has 3 rings (SSSR count). The molecule has 2 heterocycles. The molecule has 0 bridgehead atoms. The van der Waals surface area contributed by atoms with Crippen LogP contribution in [0.3, 0.4) is 0 Å². The zero-order chi connectivity index (χ0) is 14.9. The molecule has 108 valence electrons. The fourth-order valence-corrected chi connectivity index (χ4v) is 3.12. The first-order valence-corrected chi connectivity index (χ1v) is 7.90. The molecular weight excluding hydrogens is 280 g/mol. The number of para-hydroxylation sites is 1. The molecule has 21 heavy (non-hydrogen) atoms. The second-order valence-corrected chi connectivity index (χ2v) is 6.85. The van der Waals surface area contributed by atoms with Crippen LogP contribution in [0.1, 0.15) is 26.5 Å². The van der Waals surface area contributed by atoms with Gasteiger partial charge in [-0.2, -0.15) is 5.10 Å². The first-order chi connectivity index (χ1) is 10.0. The minimum atomic E-state index is -0.0599. The van der Waals surface area contributed by atoms with Crippen LogP contribution in [0, 0.1) is 0 Å². The summed E-state index contributed by atoms with van der Waals surface area (Å²) < 4.78 is 1.96. The second kappa shape index (κ2) is 5.48. The van der Waals surface area contributed by atoms with Crippen molar-refractivity contribution in [3.05, 3.63) is 48.4 Å². The third-order valence-corrected chi connectivity index (χ3v) is 4.13. The Kier molecular flexibility index (Phi) is 3.68. The number of hydrogen-bond acceptors (Lipinski definition) is 4. The number of pyridine rings is 1. The molecule has 0 aliphatic carbocycles. The van der Waals surface area contributed by atoms with Gasteiger partial charge in [0.15, 0.2) is 5.16 Å². The molecule has 0 fully saturated rings. The Morgan fingerprint density at radius 1 is 1.10 bits per heavy atom. The maximum atomic E-state index is 4.69. The highest BCUT2D eigenvalue weighted by molar-refractivity contribution is 7.98. The van der Waals surface area contributed by atoms with Crippen molar-refractivity contribution in [2.24, 2.45) is 0 Å². The van der Waals surface area contributed by atoms with Gasteiger partial charge in [0.1, 0.15) is 6.33 Å². The van der Waals surface area contributed by atoms with Gasteiger partial charge >= 0.3 is 0 Å². The molecule has 2 aromatic heterocycles. The Hall–Kier alpha value is -1.88. The van der Waals surface area contributed by atoms with Crippen LogP contribution in [0.4, 0.5) is 0 Å². The quantitative estimate of drug-likeness (QED) is 0.688. The molecular formula is C16H18N4S. The first-order valence-electron chi connectivity index (χ1n) is 6.92. The zero-order valence-corrected chi connectivity index (χ0v) is 13.3. The van der Waals surface area contributed by atoms with Gasteiger partial charge in [-0.3, -0.25) is 4.98 Å². The number of rotatable bonds is 3. The van der Waals surface area contributed by atoms with E-state index in [0.717, 1.165) is 22.1 Å². The van der Waals surface area contributed by atoms with Gasteiger partial charge in [0.05, 0.1) is 16.7 Å². The number of nitrogens with zero attached hydrogens (tertiary/aromatic N) is 4. The van der Waals surface area contributed by atoms with Crippen LogP contribution in [0.5, 0.6) is 0 Å². The van der Waals surface area contributed by atoms with Gasteiger partial charge in [0.25, 0.3) is 0 Å². The average molecular weight is 298 g/mol. The van der Waals surface area contributed by atoms with E-state index < -0.39 is 0 Å². The SMILES string of the molecule is CC(C)(C)n1ncnc1SCc1ccc2ccccc2n1. The molecule has 0 saturated carbocycles. The lowest BCUT2D eigenvalue weighted by molar-refractivity contribution is 0.326. The molecule has 1 aromatic carbocycles. The van der Waals surface area contributed by atoms with E-state index in [4.69, 9.17) is 0 Å². The molecule has 0 spiro atoms. The van der Waals surface area contributed by atoms with Gasteiger partial charge in [-0.1, -0.05) is 36.0 Å². The highest BCUT2D eigenvalue weighted by atomic mass is 32.2. The third-order valence-electron chi connectivity index (χ3n) is 3.16. The number of aromatic nitrogens is 4. The smallest absolute Gasteiger partial charge is 0.186 e. The molecule has 3 aromatic rings. The van der Waals surface area contributed by atoms with E-state index in [-0.39, 0.29) is 5.54 Å². The van der Waals surface area contributed by atoms with Crippen molar-refractivity contribution in [1.82, 2.24) is 19.7 Å². The first kappa shape index (κ1) is 14.1. The summed E-state index contributed by atoms with van der Waals surface area (Å²) in [4.78, 5) is 9.04. The Labute approximate surface area is 128 Å². The number of benzene rings is 1. The van der Waals surface area contributed by atoms with Crippen molar-refractivity contribution in [3.63, 3.8) is 0 Å². The summed E-state index contributed by atoms with van der Waals surface area (Å²) in [6, 6.07) is 12.4. The Morgan fingerprint density at radius 3 is 2.71 bits per heavy atom. The monoisotopic (exact) mass is 298 g/mol. The minimum Gasteiger partial charge on any atom is -0.252 e. The van der Waals surface area contributed by atoms with E-state index in [1.807, 2.05) is 22.9 Å². The third kappa shape index (κ3) is 3.08. The molecule has 0 atom stereocenters. The van der Waals surface area contributed by atoms with E-state index >= 15 is 0 Å². The van der Waals surface area contributed by atoms with Gasteiger partial charge in [0, 0.05) is 11.1 Å². The van der Waals surface area contributed by atoms with E-state index in [2.05, 4.69) is 54.0 Å². The predicted octanol–water partition coefficient (Wildman–Crippen LogP) is 3.87. The lowest BCUT2D eigenvalue weighted by atomic mass is 10.1. The number of hydrogen-bond donors (Lipinski definition) is 0. The van der Waals surface area contributed by atoms with Crippen molar-refractivity contribution in [2.45, 2.75) is 37.2 Å². The summed E-state index contributed by atoms with van der Waals surface area (Å²) in [6.07, 6.45) is 1.61. The Balaban J connectivity index is 1.79. The van der Waals surface area contributed by atoms with Crippen LogP contribution in [-0.4, -0.2) is 19.7 Å². The molecule has 5 heteroatoms. The summed E-state index contributed by atoms with van der Waals surface area (Å²) in [5.41, 5.74) is 2.03. The van der Waals surface area contributed by atoms with Gasteiger partial charge in [-0.25, -0.2) is 9.67 Å². The lowest BCUT2D eigenvalue weighted by Crippen LogP contribution is -2.24. The molecule has 0 N–H and O–H groups in total. The van der Waals surface area contributed by atoms with E-state index in [0.29, 0.717) is 0 Å². The fourth-order valence-electron chi connectivity index (χ4n) is 2.12. The average Bonchev–Trinajstić information content (AvgIpc) is 2.93. The van der Waals surface area contributed by atoms with Crippen LogP contribution in [0.25, 0.3) is 10.9 Å². The van der Waals surface area contributed by atoms with E-state index in [9.17, 15) is 0 Å². The maximum Gasteiger partial charge on any atom is 0.186 e. The van der Waals surface area contributed by atoms with E-state index in [1.54, 1.807) is 18.1 Å². The predicted molar refractivity (Wildman–Crippen MR) is 86.3 cm³/mol. The number of fused-ring (bicyclic) bond motifs is 1. The zero-order valence-electron chi connectivity index (χ0n) is 12.4. The second-order valence-electron chi connectivity index (χ2n) is 5.91. The van der Waals surface area contributed by atoms with Crippen LogP contribution < -0.4 is 0 Å². The molecule has 0 aliphatic heterocycles. The molecule has 0 radical (unpaired) electrons. The van der Waals surface area contributed by atoms with Crippen LogP contribution in [-0.2, 0) is 11.3 Å². The minimum absolute atomic E-state index is 0.0599. The van der Waals surface area contributed by atoms with Gasteiger partial charge in [-0.05, 0) is 32.9 Å². The van der Waals surface area contributed by atoms with Crippen molar-refractivity contribution >= 4 is 22.7 Å². The van der Waals surface area contributed by atoms with Gasteiger partial charge in [-0.15, -0.1) is 0 Å². The Morgan fingerprint density at radius 2 is 1.90 bits per heavy atom. The molecule has 0 saturated heterocycles. The standard InChI is InChI=1S/C16H18N4S/c1-16(2,3)20-15(17-11-18-20)21-10-13-9-8-12-6-4-5-7-14(12)19-13/h4-9,11H,10H2,1-3H3. The number of thioether (sulfide) groups is 1. The lowest BCUT2D eigenvalue weighted by Gasteiger charge is -2.20. The largest absolute Gasteiger partial charge is 0.252 e. The highest BCUT2D eigenvalue weighted by Crippen LogP contribution is 2.25. The summed E-state index contributed by atoms with van der Waals surface area (Å²) in [6.45, 7) is 6.38. The topological polar surface area (TPSA) is 43.6 Å². The summed E-state index contributed by atoms with van der Waals surface area (Å²) in [7, 11) is 0. The Bertz CT molecular complexity index is 758. The van der Waals surface area contributed by atoms with Crippen molar-refractivity contribution < 1.29 is 0 Å². The van der Waals surface area contributed by atoms with Crippen molar-refractivity contribution in [2.75, 3.05) is 0 Å². The summed E-state index contributed by atoms with van der Waals surface area (Å²) >= 11 is 1.67. The van der Waals surface area contributed by atoms with E-state index in [1.165, 1.54) is 5.39 Å². The van der Waals surface area contributed by atoms with Crippen LogP contribution in [0.2, 0.25) is 0 Å². The highest BCUT2D eigenvalue weighted by Gasteiger charge is 2.18. The fraction of sp³-hybridized carbons (Fsp3) is 0.312.